The fraction of sp³-hybridized carbons (Fsp3) is 0.391. The Morgan fingerprint density at radius 3 is 2.30 bits per heavy atom. The van der Waals surface area contributed by atoms with Crippen molar-refractivity contribution in [3.05, 3.63) is 65.4 Å². The molecule has 1 heterocycles. The van der Waals surface area contributed by atoms with Crippen LogP contribution in [-0.4, -0.2) is 13.4 Å². The zero-order valence-electron chi connectivity index (χ0n) is 16.0. The number of rotatable bonds is 4. The molecule has 1 unspecified atom stereocenters. The second kappa shape index (κ2) is 7.16. The van der Waals surface area contributed by atoms with Crippen molar-refractivity contribution in [3.8, 4) is 0 Å². The van der Waals surface area contributed by atoms with Crippen LogP contribution in [-0.2, 0) is 9.84 Å². The minimum atomic E-state index is -3.47. The van der Waals surface area contributed by atoms with Gasteiger partial charge in [-0.3, -0.25) is 0 Å². The molecule has 0 radical (unpaired) electrons. The summed E-state index contributed by atoms with van der Waals surface area (Å²) in [5, 5.41) is 0.554. The highest BCUT2D eigenvalue weighted by molar-refractivity contribution is 7.91. The first-order valence-electron chi connectivity index (χ1n) is 9.86. The van der Waals surface area contributed by atoms with Gasteiger partial charge in [0.1, 0.15) is 0 Å². The molecule has 1 aliphatic carbocycles. The second-order valence-electron chi connectivity index (χ2n) is 7.89. The monoisotopic (exact) mass is 381 g/mol. The van der Waals surface area contributed by atoms with Crippen LogP contribution < -0.4 is 0 Å². The maximum atomic E-state index is 13.8. The first-order valence-corrected chi connectivity index (χ1v) is 11.4. The van der Waals surface area contributed by atoms with Gasteiger partial charge in [0.05, 0.1) is 10.1 Å². The van der Waals surface area contributed by atoms with Gasteiger partial charge in [-0.1, -0.05) is 55.2 Å². The number of hydrogen-bond acceptors (Lipinski definition) is 2. The fourth-order valence-corrected chi connectivity index (χ4v) is 6.82. The van der Waals surface area contributed by atoms with Crippen LogP contribution in [0.3, 0.4) is 0 Å². The third kappa shape index (κ3) is 3.31. The van der Waals surface area contributed by atoms with E-state index in [1.165, 1.54) is 6.42 Å². The topological polar surface area (TPSA) is 49.9 Å². The van der Waals surface area contributed by atoms with E-state index in [0.717, 1.165) is 53.4 Å². The average molecular weight is 382 g/mol. The summed E-state index contributed by atoms with van der Waals surface area (Å²) in [6.07, 6.45) is 5.40. The maximum Gasteiger partial charge on any atom is 0.185 e. The molecule has 0 aliphatic heterocycles. The van der Waals surface area contributed by atoms with Gasteiger partial charge in [0.25, 0.3) is 0 Å². The second-order valence-corrected chi connectivity index (χ2v) is 9.96. The third-order valence-electron chi connectivity index (χ3n) is 5.99. The molecular weight excluding hydrogens is 354 g/mol. The van der Waals surface area contributed by atoms with Crippen molar-refractivity contribution in [2.45, 2.75) is 56.1 Å². The molecule has 4 heteroatoms. The molecule has 1 saturated carbocycles. The van der Waals surface area contributed by atoms with Crippen LogP contribution >= 0.6 is 0 Å². The molecule has 1 N–H and O–H groups in total. The third-order valence-corrected chi connectivity index (χ3v) is 8.21. The van der Waals surface area contributed by atoms with Gasteiger partial charge in [-0.2, -0.15) is 0 Å². The van der Waals surface area contributed by atoms with E-state index in [2.05, 4.69) is 11.1 Å². The Hall–Kier alpha value is -2.07. The van der Waals surface area contributed by atoms with Crippen molar-refractivity contribution >= 4 is 20.7 Å². The summed E-state index contributed by atoms with van der Waals surface area (Å²) in [4.78, 5) is 3.85. The van der Waals surface area contributed by atoms with E-state index < -0.39 is 15.1 Å². The number of H-pyrrole nitrogens is 1. The minimum absolute atomic E-state index is 0.169. The van der Waals surface area contributed by atoms with E-state index in [1.54, 1.807) is 12.1 Å². The normalized spacial score (nSPS) is 17.3. The molecule has 1 atom stereocenters. The molecule has 27 heavy (non-hydrogen) atoms. The maximum absolute atomic E-state index is 13.8. The Kier molecular flexibility index (Phi) is 4.85. The van der Waals surface area contributed by atoms with E-state index in [1.807, 2.05) is 44.2 Å². The number of para-hydroxylation sites is 1. The van der Waals surface area contributed by atoms with E-state index >= 15 is 0 Å². The summed E-state index contributed by atoms with van der Waals surface area (Å²) >= 11 is 0. The highest BCUT2D eigenvalue weighted by atomic mass is 32.2. The minimum Gasteiger partial charge on any atom is -0.358 e. The van der Waals surface area contributed by atoms with Crippen LogP contribution in [0.25, 0.3) is 10.9 Å². The number of hydrogen-bond donors (Lipinski definition) is 1. The number of aromatic amines is 1. The summed E-state index contributed by atoms with van der Waals surface area (Å²) in [5.41, 5.74) is 4.04. The Morgan fingerprint density at radius 2 is 1.59 bits per heavy atom. The smallest absolute Gasteiger partial charge is 0.185 e. The fourth-order valence-electron chi connectivity index (χ4n) is 4.62. The number of aryl methyl sites for hydroxylation is 2. The van der Waals surface area contributed by atoms with Gasteiger partial charge in [0.15, 0.2) is 9.84 Å². The largest absolute Gasteiger partial charge is 0.358 e. The van der Waals surface area contributed by atoms with Gasteiger partial charge in [-0.15, -0.1) is 0 Å². The average Bonchev–Trinajstić information content (AvgIpc) is 2.99. The highest BCUT2D eigenvalue weighted by Crippen LogP contribution is 2.45. The van der Waals surface area contributed by atoms with Crippen LogP contribution in [0.5, 0.6) is 0 Å². The molecule has 1 fully saturated rings. The number of fused-ring (bicyclic) bond motifs is 1. The van der Waals surface area contributed by atoms with Gasteiger partial charge in [0.2, 0.25) is 0 Å². The van der Waals surface area contributed by atoms with Gasteiger partial charge < -0.3 is 4.98 Å². The number of nitrogens with one attached hydrogen (secondary N) is 1. The Balaban J connectivity index is 1.91. The van der Waals surface area contributed by atoms with Gasteiger partial charge in [0, 0.05) is 16.6 Å². The first kappa shape index (κ1) is 18.3. The van der Waals surface area contributed by atoms with Crippen molar-refractivity contribution in [1.82, 2.24) is 4.98 Å². The summed E-state index contributed by atoms with van der Waals surface area (Å²) in [5.74, 6) is 0.169. The Morgan fingerprint density at radius 1 is 0.926 bits per heavy atom. The molecule has 0 saturated heterocycles. The molecule has 2 aromatic carbocycles. The lowest BCUT2D eigenvalue weighted by atomic mass is 9.83. The van der Waals surface area contributed by atoms with Gasteiger partial charge in [-0.25, -0.2) is 8.42 Å². The van der Waals surface area contributed by atoms with E-state index in [4.69, 9.17) is 0 Å². The van der Waals surface area contributed by atoms with Crippen LogP contribution in [0, 0.1) is 19.8 Å². The predicted molar refractivity (Wildman–Crippen MR) is 111 cm³/mol. The molecule has 0 amide bonds. The van der Waals surface area contributed by atoms with E-state index in [9.17, 15) is 8.42 Å². The van der Waals surface area contributed by atoms with Crippen molar-refractivity contribution in [2.75, 3.05) is 0 Å². The zero-order valence-corrected chi connectivity index (χ0v) is 16.9. The summed E-state index contributed by atoms with van der Waals surface area (Å²) in [7, 11) is -3.47. The van der Waals surface area contributed by atoms with Crippen LogP contribution in [0.15, 0.2) is 53.4 Å². The van der Waals surface area contributed by atoms with Crippen molar-refractivity contribution in [2.24, 2.45) is 5.92 Å². The summed E-state index contributed by atoms with van der Waals surface area (Å²) < 4.78 is 27.6. The molecule has 0 bridgehead atoms. The highest BCUT2D eigenvalue weighted by Gasteiger charge is 2.39. The van der Waals surface area contributed by atoms with Crippen molar-refractivity contribution < 1.29 is 8.42 Å². The summed E-state index contributed by atoms with van der Waals surface area (Å²) in [6.45, 7) is 3.99. The molecule has 0 spiro atoms. The van der Waals surface area contributed by atoms with Crippen LogP contribution in [0.1, 0.15) is 54.2 Å². The number of benzene rings is 2. The Labute approximate surface area is 161 Å². The molecule has 3 nitrogen and oxygen atoms in total. The lowest BCUT2D eigenvalue weighted by molar-refractivity contribution is 0.343. The standard InChI is InChI=1S/C23H27NO2S/c1-16-12-14-19(15-13-16)27(25,26)23(18-8-4-3-5-9-18)22-17(2)24-21-11-7-6-10-20(21)22/h6-7,10-15,18,23-24H,3-5,8-9H2,1-2H3. The van der Waals surface area contributed by atoms with Crippen molar-refractivity contribution in [3.63, 3.8) is 0 Å². The zero-order chi connectivity index (χ0) is 19.0. The SMILES string of the molecule is Cc1ccc(S(=O)(=O)C(c2c(C)[nH]c3ccccc23)C2CCCCC2)cc1. The lowest BCUT2D eigenvalue weighted by Crippen LogP contribution is -2.25. The van der Waals surface area contributed by atoms with Crippen LogP contribution in [0.4, 0.5) is 0 Å². The van der Waals surface area contributed by atoms with E-state index in [-0.39, 0.29) is 5.92 Å². The molecule has 1 aliphatic rings. The van der Waals surface area contributed by atoms with E-state index in [0.29, 0.717) is 4.90 Å². The quantitative estimate of drug-likeness (QED) is 0.613. The number of sulfone groups is 1. The Bertz CT molecular complexity index is 1040. The molecular formula is C23H27NO2S. The van der Waals surface area contributed by atoms with Crippen LogP contribution in [0.2, 0.25) is 0 Å². The molecule has 1 aromatic heterocycles. The number of aromatic nitrogens is 1. The predicted octanol–water partition coefficient (Wildman–Crippen LogP) is 5.88. The first-order chi connectivity index (χ1) is 13.0. The molecule has 3 aromatic rings. The van der Waals surface area contributed by atoms with Crippen molar-refractivity contribution in [1.29, 1.82) is 0 Å². The molecule has 4 rings (SSSR count). The lowest BCUT2D eigenvalue weighted by Gasteiger charge is -2.30. The van der Waals surface area contributed by atoms with Gasteiger partial charge in [-0.05, 0) is 56.4 Å². The summed E-state index contributed by atoms with van der Waals surface area (Å²) in [6, 6.07) is 15.4. The molecule has 142 valence electrons. The van der Waals surface area contributed by atoms with Gasteiger partial charge >= 0.3 is 0 Å².